The van der Waals surface area contributed by atoms with Gasteiger partial charge in [0.25, 0.3) is 0 Å². The van der Waals surface area contributed by atoms with Gasteiger partial charge in [0.2, 0.25) is 0 Å². The molecule has 0 heterocycles. The Labute approximate surface area is 126 Å². The second-order valence-corrected chi connectivity index (χ2v) is 6.33. The summed E-state index contributed by atoms with van der Waals surface area (Å²) in [4.78, 5) is 13.1. The number of guanidine groups is 1. The smallest absolute Gasteiger partial charge is 0.417 e. The molecular weight excluding hydrogens is 353 g/mol. The zero-order valence-electron chi connectivity index (χ0n) is 11.2. The molecule has 0 fully saturated rings. The summed E-state index contributed by atoms with van der Waals surface area (Å²) < 4.78 is 6.29. The molecule has 5 nitrogen and oxygen atoms in total. The molecule has 1 aromatic carbocycles. The number of nitrogens with zero attached hydrogens (tertiary/aromatic N) is 1. The van der Waals surface area contributed by atoms with Crippen molar-refractivity contribution in [1.29, 1.82) is 5.41 Å². The van der Waals surface area contributed by atoms with Crippen molar-refractivity contribution in [3.63, 3.8) is 0 Å². The number of ether oxygens (including phenoxy) is 1. The summed E-state index contributed by atoms with van der Waals surface area (Å²) in [5.74, 6) is -0.326. The van der Waals surface area contributed by atoms with E-state index in [1.54, 1.807) is 20.8 Å². The quantitative estimate of drug-likeness (QED) is 0.477. The first-order valence-corrected chi connectivity index (χ1v) is 6.86. The normalized spacial score (nSPS) is 10.9. The van der Waals surface area contributed by atoms with Gasteiger partial charge in [-0.2, -0.15) is 0 Å². The first kappa shape index (κ1) is 15.7. The minimum atomic E-state index is -0.615. The topological polar surface area (TPSA) is 79.4 Å². The summed E-state index contributed by atoms with van der Waals surface area (Å²) in [6.45, 7) is 5.54. The van der Waals surface area contributed by atoms with Gasteiger partial charge < -0.3 is 10.5 Å². The van der Waals surface area contributed by atoms with E-state index in [0.29, 0.717) is 0 Å². The molecule has 6 heteroatoms. The number of hydrogen-bond donors (Lipinski definition) is 2. The van der Waals surface area contributed by atoms with Gasteiger partial charge in [0.05, 0.1) is 6.54 Å². The van der Waals surface area contributed by atoms with Crippen LogP contribution >= 0.6 is 22.6 Å². The Balaban J connectivity index is 2.84. The number of amides is 1. The maximum Gasteiger partial charge on any atom is 0.417 e. The van der Waals surface area contributed by atoms with Crippen molar-refractivity contribution in [3.8, 4) is 0 Å². The van der Waals surface area contributed by atoms with Gasteiger partial charge in [0.15, 0.2) is 5.96 Å². The average molecular weight is 371 g/mol. The highest BCUT2D eigenvalue weighted by Crippen LogP contribution is 2.14. The van der Waals surface area contributed by atoms with Crippen molar-refractivity contribution < 1.29 is 9.53 Å². The van der Waals surface area contributed by atoms with Crippen molar-refractivity contribution in [1.82, 2.24) is 4.90 Å². The fourth-order valence-corrected chi connectivity index (χ4v) is 1.99. The van der Waals surface area contributed by atoms with Crippen molar-refractivity contribution in [2.24, 2.45) is 5.73 Å². The zero-order valence-corrected chi connectivity index (χ0v) is 13.4. The molecule has 0 atom stereocenters. The van der Waals surface area contributed by atoms with E-state index in [9.17, 15) is 4.79 Å². The lowest BCUT2D eigenvalue weighted by atomic mass is 10.2. The molecule has 19 heavy (non-hydrogen) atoms. The van der Waals surface area contributed by atoms with Crippen LogP contribution in [0.25, 0.3) is 0 Å². The zero-order chi connectivity index (χ0) is 14.6. The Kier molecular flexibility index (Phi) is 5.16. The Hall–Kier alpha value is -1.31. The van der Waals surface area contributed by atoms with Gasteiger partial charge in [-0.15, -0.1) is 0 Å². The van der Waals surface area contributed by atoms with E-state index in [2.05, 4.69) is 22.6 Å². The number of nitrogens with two attached hydrogens (primary N) is 1. The molecule has 0 aromatic heterocycles. The van der Waals surface area contributed by atoms with Crippen LogP contribution < -0.4 is 5.73 Å². The number of carbonyl (C=O) groups is 1. The molecule has 0 aliphatic heterocycles. The highest BCUT2D eigenvalue weighted by Gasteiger charge is 2.24. The van der Waals surface area contributed by atoms with E-state index < -0.39 is 11.7 Å². The third kappa shape index (κ3) is 5.46. The van der Waals surface area contributed by atoms with E-state index in [1.807, 2.05) is 24.3 Å². The number of halogens is 1. The van der Waals surface area contributed by atoms with E-state index in [-0.39, 0.29) is 12.5 Å². The number of nitrogens with one attached hydrogen (secondary N) is 1. The SMILES string of the molecule is CC(C)(C)OC(=O)N(Cc1cccc([123I])c1)C(=N)N. The summed E-state index contributed by atoms with van der Waals surface area (Å²) in [6.07, 6.45) is -0.612. The Morgan fingerprint density at radius 1 is 1.47 bits per heavy atom. The van der Waals surface area contributed by atoms with Crippen LogP contribution in [0.4, 0.5) is 4.79 Å². The van der Waals surface area contributed by atoms with E-state index >= 15 is 0 Å². The highest BCUT2D eigenvalue weighted by atomic mass is 123. The van der Waals surface area contributed by atoms with Crippen LogP contribution in [-0.2, 0) is 11.3 Å². The first-order chi connectivity index (χ1) is 8.69. The largest absolute Gasteiger partial charge is 0.443 e. The van der Waals surface area contributed by atoms with Gasteiger partial charge in [-0.3, -0.25) is 5.41 Å². The van der Waals surface area contributed by atoms with Crippen molar-refractivity contribution in [2.75, 3.05) is 0 Å². The second kappa shape index (κ2) is 6.23. The van der Waals surface area contributed by atoms with E-state index in [1.165, 1.54) is 0 Å². The van der Waals surface area contributed by atoms with Crippen LogP contribution in [0, 0.1) is 8.98 Å². The maximum absolute atomic E-state index is 12.0. The molecule has 3 N–H and O–H groups in total. The van der Waals surface area contributed by atoms with Crippen LogP contribution in [0.5, 0.6) is 0 Å². The summed E-state index contributed by atoms with van der Waals surface area (Å²) >= 11 is 2.19. The standard InChI is InChI=1S/C13H18IN3O2/c1-13(2,3)19-12(18)17(11(15)16)8-9-5-4-6-10(14)7-9/h4-7H,8H2,1-3H3,(H3,15,16)/i14-4. The van der Waals surface area contributed by atoms with Gasteiger partial charge in [0, 0.05) is 3.57 Å². The van der Waals surface area contributed by atoms with Gasteiger partial charge >= 0.3 is 6.09 Å². The number of benzene rings is 1. The predicted molar refractivity (Wildman–Crippen MR) is 82.9 cm³/mol. The van der Waals surface area contributed by atoms with Gasteiger partial charge in [-0.25, -0.2) is 9.69 Å². The third-order valence-electron chi connectivity index (χ3n) is 2.13. The summed E-state index contributed by atoms with van der Waals surface area (Å²) in [5, 5.41) is 7.49. The summed E-state index contributed by atoms with van der Waals surface area (Å²) in [5.41, 5.74) is 5.73. The molecule has 1 amide bonds. The van der Waals surface area contributed by atoms with Gasteiger partial charge in [-0.05, 0) is 61.1 Å². The molecule has 1 aromatic rings. The van der Waals surface area contributed by atoms with Crippen molar-refractivity contribution in [3.05, 3.63) is 33.4 Å². The van der Waals surface area contributed by atoms with E-state index in [0.717, 1.165) is 14.0 Å². The molecule has 0 aliphatic rings. The van der Waals surface area contributed by atoms with Crippen LogP contribution in [-0.4, -0.2) is 22.6 Å². The Bertz CT molecular complexity index is 483. The van der Waals surface area contributed by atoms with Crippen LogP contribution in [0.2, 0.25) is 0 Å². The molecule has 0 spiro atoms. The van der Waals surface area contributed by atoms with Crippen LogP contribution in [0.3, 0.4) is 0 Å². The van der Waals surface area contributed by atoms with Crippen LogP contribution in [0.15, 0.2) is 24.3 Å². The molecule has 0 aliphatic carbocycles. The molecule has 104 valence electrons. The van der Waals surface area contributed by atoms with Gasteiger partial charge in [0.1, 0.15) is 5.60 Å². The molecule has 1 rings (SSSR count). The molecule has 0 bridgehead atoms. The maximum atomic E-state index is 12.0. The minimum Gasteiger partial charge on any atom is -0.443 e. The molecule has 0 saturated carbocycles. The molecule has 0 saturated heterocycles. The van der Waals surface area contributed by atoms with E-state index in [4.69, 9.17) is 15.9 Å². The number of carbonyl (C=O) groups excluding carboxylic acids is 1. The lowest BCUT2D eigenvalue weighted by Crippen LogP contribution is -2.43. The van der Waals surface area contributed by atoms with Crippen molar-refractivity contribution >= 4 is 34.6 Å². The summed E-state index contributed by atoms with van der Waals surface area (Å²) in [7, 11) is 0. The Morgan fingerprint density at radius 2 is 2.11 bits per heavy atom. The lowest BCUT2D eigenvalue weighted by Gasteiger charge is -2.26. The fraction of sp³-hybridized carbons (Fsp3) is 0.385. The Morgan fingerprint density at radius 3 is 2.58 bits per heavy atom. The second-order valence-electron chi connectivity index (χ2n) is 5.08. The number of rotatable bonds is 2. The lowest BCUT2D eigenvalue weighted by molar-refractivity contribution is 0.0356. The fourth-order valence-electron chi connectivity index (χ4n) is 1.38. The van der Waals surface area contributed by atoms with Crippen molar-refractivity contribution in [2.45, 2.75) is 32.9 Å². The molecule has 0 radical (unpaired) electrons. The summed E-state index contributed by atoms with van der Waals surface area (Å²) in [6, 6.07) is 7.66. The molecule has 0 unspecified atom stereocenters. The minimum absolute atomic E-state index is 0.223. The van der Waals surface area contributed by atoms with Gasteiger partial charge in [-0.1, -0.05) is 12.1 Å². The predicted octanol–water partition coefficient (Wildman–Crippen LogP) is 2.92. The average Bonchev–Trinajstić information content (AvgIpc) is 2.23. The molecular formula is C13H18IN3O2. The third-order valence-corrected chi connectivity index (χ3v) is 2.81. The monoisotopic (exact) mass is 371 g/mol. The van der Waals surface area contributed by atoms with Crippen LogP contribution in [0.1, 0.15) is 26.3 Å². The number of hydrogen-bond acceptors (Lipinski definition) is 3. The first-order valence-electron chi connectivity index (χ1n) is 5.78. The highest BCUT2D eigenvalue weighted by molar-refractivity contribution is 14.1.